The zero-order chi connectivity index (χ0) is 11.1. The van der Waals surface area contributed by atoms with Crippen molar-refractivity contribution < 1.29 is 9.53 Å². The van der Waals surface area contributed by atoms with E-state index in [1.165, 1.54) is 12.6 Å². The minimum atomic E-state index is -0.640. The molecule has 1 rings (SSSR count). The van der Waals surface area contributed by atoms with Crippen LogP contribution in [0.25, 0.3) is 0 Å². The smallest absolute Gasteiger partial charge is 0.414 e. The number of guanidine groups is 1. The van der Waals surface area contributed by atoms with Gasteiger partial charge in [-0.15, -0.1) is 4.99 Å². The second-order valence-corrected chi connectivity index (χ2v) is 3.39. The van der Waals surface area contributed by atoms with Crippen LogP contribution >= 0.6 is 0 Å². The molecular weight excluding hydrogens is 196 g/mol. The normalized spacial score (nSPS) is 17.9. The fourth-order valence-corrected chi connectivity index (χ4v) is 1.55. The van der Waals surface area contributed by atoms with Crippen molar-refractivity contribution in [3.8, 4) is 6.19 Å². The Kier molecular flexibility index (Phi) is 4.41. The number of nitrogens with two attached hydrogens (primary N) is 1. The Morgan fingerprint density at radius 3 is 2.73 bits per heavy atom. The highest BCUT2D eigenvalue weighted by atomic mass is 16.6. The molecule has 0 spiro atoms. The fourth-order valence-electron chi connectivity index (χ4n) is 1.55. The van der Waals surface area contributed by atoms with Gasteiger partial charge in [0.25, 0.3) is 0 Å². The number of nitrogens with one attached hydrogen (secondary N) is 1. The van der Waals surface area contributed by atoms with Gasteiger partial charge in [0.1, 0.15) is 6.10 Å². The highest BCUT2D eigenvalue weighted by molar-refractivity contribution is 5.93. The SMILES string of the molecule is N#CN=C(N)NC(=O)OC1CCCCC1. The maximum absolute atomic E-state index is 11.2. The van der Waals surface area contributed by atoms with Crippen LogP contribution in [-0.4, -0.2) is 18.2 Å². The Bertz CT molecular complexity index is 289. The number of aliphatic imine (C=N–C) groups is 1. The van der Waals surface area contributed by atoms with Gasteiger partial charge >= 0.3 is 6.09 Å². The fraction of sp³-hybridized carbons (Fsp3) is 0.667. The first-order valence-electron chi connectivity index (χ1n) is 4.92. The van der Waals surface area contributed by atoms with Gasteiger partial charge in [-0.25, -0.2) is 4.79 Å². The van der Waals surface area contributed by atoms with Crippen LogP contribution in [0.1, 0.15) is 32.1 Å². The highest BCUT2D eigenvalue weighted by Crippen LogP contribution is 2.20. The van der Waals surface area contributed by atoms with Gasteiger partial charge in [-0.3, -0.25) is 5.32 Å². The number of ether oxygens (including phenoxy) is 1. The molecule has 1 aliphatic rings. The molecule has 1 saturated carbocycles. The lowest BCUT2D eigenvalue weighted by Gasteiger charge is -2.21. The Hall–Kier alpha value is -1.77. The van der Waals surface area contributed by atoms with Gasteiger partial charge in [0.15, 0.2) is 0 Å². The first-order chi connectivity index (χ1) is 7.22. The summed E-state index contributed by atoms with van der Waals surface area (Å²) in [7, 11) is 0. The average Bonchev–Trinajstić information content (AvgIpc) is 2.19. The number of hydrogen-bond acceptors (Lipinski definition) is 4. The quantitative estimate of drug-likeness (QED) is 0.380. The van der Waals surface area contributed by atoms with E-state index < -0.39 is 6.09 Å². The molecule has 0 aliphatic heterocycles. The van der Waals surface area contributed by atoms with Gasteiger partial charge in [0.05, 0.1) is 0 Å². The van der Waals surface area contributed by atoms with E-state index in [2.05, 4.69) is 10.3 Å². The summed E-state index contributed by atoms with van der Waals surface area (Å²) in [5, 5.41) is 10.3. The standard InChI is InChI=1S/C9H14N4O2/c10-6-12-8(11)13-9(14)15-7-4-2-1-3-5-7/h7H,1-5H2,(H3,11,12,13,14). The number of hydrogen-bond donors (Lipinski definition) is 2. The molecule has 0 aromatic heterocycles. The number of alkyl carbamates (subject to hydrolysis) is 1. The summed E-state index contributed by atoms with van der Waals surface area (Å²) in [6, 6.07) is 0. The summed E-state index contributed by atoms with van der Waals surface area (Å²) in [5.74, 6) is -0.238. The number of nitriles is 1. The molecule has 1 amide bonds. The van der Waals surface area contributed by atoms with Crippen molar-refractivity contribution in [1.29, 1.82) is 5.26 Å². The van der Waals surface area contributed by atoms with Crippen LogP contribution in [0.3, 0.4) is 0 Å². The Morgan fingerprint density at radius 1 is 1.47 bits per heavy atom. The molecule has 0 bridgehead atoms. The summed E-state index contributed by atoms with van der Waals surface area (Å²) in [6.45, 7) is 0. The molecular formula is C9H14N4O2. The topological polar surface area (TPSA) is 101 Å². The zero-order valence-electron chi connectivity index (χ0n) is 8.40. The van der Waals surface area contributed by atoms with Crippen molar-refractivity contribution in [1.82, 2.24) is 5.32 Å². The maximum Gasteiger partial charge on any atom is 0.414 e. The Balaban J connectivity index is 2.29. The molecule has 1 aliphatic carbocycles. The largest absolute Gasteiger partial charge is 0.446 e. The summed E-state index contributed by atoms with van der Waals surface area (Å²) in [5.41, 5.74) is 5.21. The molecule has 0 heterocycles. The first-order valence-corrected chi connectivity index (χ1v) is 4.92. The first kappa shape index (κ1) is 11.3. The van der Waals surface area contributed by atoms with Crippen molar-refractivity contribution in [3.63, 3.8) is 0 Å². The molecule has 6 heteroatoms. The van der Waals surface area contributed by atoms with Crippen molar-refractivity contribution in [2.24, 2.45) is 10.7 Å². The monoisotopic (exact) mass is 210 g/mol. The van der Waals surface area contributed by atoms with Crippen LogP contribution in [0.15, 0.2) is 4.99 Å². The van der Waals surface area contributed by atoms with Crippen LogP contribution in [0.4, 0.5) is 4.79 Å². The summed E-state index contributed by atoms with van der Waals surface area (Å²) >= 11 is 0. The molecule has 0 unspecified atom stereocenters. The number of nitrogens with zero attached hydrogens (tertiary/aromatic N) is 2. The van der Waals surface area contributed by atoms with Crippen LogP contribution in [-0.2, 0) is 4.74 Å². The van der Waals surface area contributed by atoms with Gasteiger partial charge < -0.3 is 10.5 Å². The van der Waals surface area contributed by atoms with E-state index >= 15 is 0 Å². The summed E-state index contributed by atoms with van der Waals surface area (Å²) < 4.78 is 5.09. The van der Waals surface area contributed by atoms with Gasteiger partial charge in [-0.05, 0) is 25.7 Å². The molecule has 15 heavy (non-hydrogen) atoms. The lowest BCUT2D eigenvalue weighted by molar-refractivity contribution is 0.0791. The number of amides is 1. The van der Waals surface area contributed by atoms with E-state index in [9.17, 15) is 4.79 Å². The third kappa shape index (κ3) is 4.31. The summed E-state index contributed by atoms with van der Waals surface area (Å²) in [4.78, 5) is 14.3. The molecule has 0 saturated heterocycles. The van der Waals surface area contributed by atoms with Crippen molar-refractivity contribution in [2.75, 3.05) is 0 Å². The molecule has 0 radical (unpaired) electrons. The molecule has 0 aromatic carbocycles. The predicted octanol–water partition coefficient (Wildman–Crippen LogP) is 0.841. The van der Waals surface area contributed by atoms with Crippen LogP contribution in [0, 0.1) is 11.5 Å². The van der Waals surface area contributed by atoms with Gasteiger partial charge in [0.2, 0.25) is 12.2 Å². The minimum Gasteiger partial charge on any atom is -0.446 e. The van der Waals surface area contributed by atoms with E-state index in [0.717, 1.165) is 25.7 Å². The van der Waals surface area contributed by atoms with Crippen molar-refractivity contribution >= 4 is 12.1 Å². The molecule has 0 atom stereocenters. The Labute approximate surface area is 88.1 Å². The third-order valence-electron chi connectivity index (χ3n) is 2.23. The van der Waals surface area contributed by atoms with Crippen LogP contribution in [0.5, 0.6) is 0 Å². The molecule has 6 nitrogen and oxygen atoms in total. The van der Waals surface area contributed by atoms with E-state index in [1.54, 1.807) is 0 Å². The minimum absolute atomic E-state index is 0.0337. The second kappa shape index (κ2) is 5.86. The van der Waals surface area contributed by atoms with Gasteiger partial charge in [-0.2, -0.15) is 5.26 Å². The lowest BCUT2D eigenvalue weighted by atomic mass is 9.98. The van der Waals surface area contributed by atoms with Gasteiger partial charge in [-0.1, -0.05) is 6.42 Å². The van der Waals surface area contributed by atoms with E-state index in [0.29, 0.717) is 0 Å². The summed E-state index contributed by atoms with van der Waals surface area (Å²) in [6.07, 6.45) is 5.94. The van der Waals surface area contributed by atoms with Crippen molar-refractivity contribution in [2.45, 2.75) is 38.2 Å². The average molecular weight is 210 g/mol. The molecule has 0 aromatic rings. The number of carbonyl (C=O) groups excluding carboxylic acids is 1. The highest BCUT2D eigenvalue weighted by Gasteiger charge is 2.17. The van der Waals surface area contributed by atoms with E-state index in [-0.39, 0.29) is 12.1 Å². The third-order valence-corrected chi connectivity index (χ3v) is 2.23. The van der Waals surface area contributed by atoms with E-state index in [4.69, 9.17) is 15.7 Å². The lowest BCUT2D eigenvalue weighted by Crippen LogP contribution is -2.39. The Morgan fingerprint density at radius 2 is 2.13 bits per heavy atom. The molecule has 82 valence electrons. The van der Waals surface area contributed by atoms with Crippen LogP contribution in [0.2, 0.25) is 0 Å². The van der Waals surface area contributed by atoms with Crippen LogP contribution < -0.4 is 11.1 Å². The van der Waals surface area contributed by atoms with Gasteiger partial charge in [0, 0.05) is 0 Å². The molecule has 1 fully saturated rings. The second-order valence-electron chi connectivity index (χ2n) is 3.39. The number of rotatable bonds is 1. The zero-order valence-corrected chi connectivity index (χ0v) is 8.40. The number of carbonyl (C=O) groups is 1. The van der Waals surface area contributed by atoms with Crippen molar-refractivity contribution in [3.05, 3.63) is 0 Å². The predicted molar refractivity (Wildman–Crippen MR) is 53.7 cm³/mol. The van der Waals surface area contributed by atoms with E-state index in [1.807, 2.05) is 0 Å². The molecule has 3 N–H and O–H groups in total. The maximum atomic E-state index is 11.2.